The van der Waals surface area contributed by atoms with Crippen LogP contribution in [0.4, 0.5) is 0 Å². The van der Waals surface area contributed by atoms with Crippen molar-refractivity contribution >= 4 is 34.6 Å². The van der Waals surface area contributed by atoms with Crippen molar-refractivity contribution < 1.29 is 14.3 Å². The molecule has 0 spiro atoms. The third kappa shape index (κ3) is 6.71. The molecule has 4 nitrogen and oxygen atoms in total. The first-order chi connectivity index (χ1) is 9.30. The molecule has 0 amide bonds. The maximum absolute atomic E-state index is 11.7. The van der Waals surface area contributed by atoms with Gasteiger partial charge in [0.15, 0.2) is 0 Å². The minimum Gasteiger partial charge on any atom is -0.486 e. The molecule has 20 heavy (non-hydrogen) atoms. The number of hydrogen-bond acceptors (Lipinski definition) is 4. The summed E-state index contributed by atoms with van der Waals surface area (Å²) < 4.78 is 10.6. The van der Waals surface area contributed by atoms with E-state index in [1.54, 1.807) is 20.8 Å². The number of nitrogens with one attached hydrogen (secondary N) is 1. The van der Waals surface area contributed by atoms with Crippen molar-refractivity contribution in [3.8, 4) is 5.75 Å². The number of benzene rings is 1. The van der Waals surface area contributed by atoms with Gasteiger partial charge in [-0.25, -0.2) is 0 Å². The molecule has 1 unspecified atom stereocenters. The van der Waals surface area contributed by atoms with E-state index in [-0.39, 0.29) is 18.4 Å². The Morgan fingerprint density at radius 2 is 1.95 bits per heavy atom. The van der Waals surface area contributed by atoms with Gasteiger partial charge in [0.25, 0.3) is 0 Å². The Hall–Kier alpha value is -0.610. The summed E-state index contributed by atoms with van der Waals surface area (Å²) in [4.78, 5) is 11.7. The van der Waals surface area contributed by atoms with Gasteiger partial charge in [-0.3, -0.25) is 9.88 Å². The van der Waals surface area contributed by atoms with Gasteiger partial charge in [-0.2, -0.15) is 0 Å². The predicted molar refractivity (Wildman–Crippen MR) is 85.9 cm³/mol. The summed E-state index contributed by atoms with van der Waals surface area (Å²) in [5.41, 5.74) is -2.48. The second-order valence-electron chi connectivity index (χ2n) is 4.57. The van der Waals surface area contributed by atoms with Gasteiger partial charge in [-0.05, 0) is 32.9 Å². The van der Waals surface area contributed by atoms with E-state index in [2.05, 4.69) is 5.09 Å². The van der Waals surface area contributed by atoms with Crippen LogP contribution in [-0.4, -0.2) is 24.5 Å². The summed E-state index contributed by atoms with van der Waals surface area (Å²) >= 11 is 11.5. The topological polar surface area (TPSA) is 47.6 Å². The van der Waals surface area contributed by atoms with Crippen molar-refractivity contribution in [3.63, 3.8) is 0 Å². The highest BCUT2D eigenvalue weighted by molar-refractivity contribution is 8.26. The zero-order valence-electron chi connectivity index (χ0n) is 11.7. The van der Waals surface area contributed by atoms with Gasteiger partial charge >= 0.3 is 5.97 Å². The average Bonchev–Trinajstić information content (AvgIpc) is 2.36. The molecule has 112 valence electrons. The van der Waals surface area contributed by atoms with Crippen molar-refractivity contribution in [2.45, 2.75) is 32.9 Å². The minimum atomic E-state index is -2.48. The lowest BCUT2D eigenvalue weighted by molar-refractivity contribution is -0.148. The summed E-state index contributed by atoms with van der Waals surface area (Å²) in [6.07, 6.45) is -0.00628. The van der Waals surface area contributed by atoms with Crippen molar-refractivity contribution in [3.05, 3.63) is 30.3 Å². The van der Waals surface area contributed by atoms with Crippen LogP contribution in [-0.2, 0) is 21.3 Å². The molecule has 1 rings (SSSR count). The molecule has 0 fully saturated rings. The van der Waals surface area contributed by atoms with Crippen molar-refractivity contribution in [2.75, 3.05) is 6.35 Å². The maximum atomic E-state index is 11.7. The number of carbonyl (C=O) groups is 1. The normalized spacial score (nSPS) is 15.4. The highest BCUT2D eigenvalue weighted by atomic mass is 35.7. The highest BCUT2D eigenvalue weighted by Gasteiger charge is 2.23. The molecule has 2 atom stereocenters. The second-order valence-corrected chi connectivity index (χ2v) is 10.6. The lowest BCUT2D eigenvalue weighted by atomic mass is 10.3. The molecule has 1 aromatic rings. The Balaban J connectivity index is 2.48. The maximum Gasteiger partial charge on any atom is 0.323 e. The molecule has 0 heterocycles. The molecule has 0 saturated heterocycles. The van der Waals surface area contributed by atoms with Crippen LogP contribution >= 0.6 is 16.8 Å². The predicted octanol–water partition coefficient (Wildman–Crippen LogP) is 3.50. The van der Waals surface area contributed by atoms with E-state index in [4.69, 9.17) is 32.5 Å². The van der Waals surface area contributed by atoms with Crippen LogP contribution < -0.4 is 9.82 Å². The van der Waals surface area contributed by atoms with E-state index >= 15 is 0 Å². The molecular weight excluding hydrogens is 317 g/mol. The highest BCUT2D eigenvalue weighted by Crippen LogP contribution is 2.47. The molecule has 1 aromatic carbocycles. The van der Waals surface area contributed by atoms with E-state index in [0.29, 0.717) is 5.75 Å². The SMILES string of the molecule is CC(C)OC(=O)[C@H](C)NP(=S)(Cl)COc1ccccc1. The Kier molecular flexibility index (Phi) is 6.96. The van der Waals surface area contributed by atoms with Crippen LogP contribution in [0.15, 0.2) is 30.3 Å². The van der Waals surface area contributed by atoms with Crippen molar-refractivity contribution in [1.82, 2.24) is 5.09 Å². The van der Waals surface area contributed by atoms with Gasteiger partial charge in [0.05, 0.1) is 6.10 Å². The van der Waals surface area contributed by atoms with Crippen LogP contribution in [0.5, 0.6) is 5.75 Å². The zero-order valence-corrected chi connectivity index (χ0v) is 14.2. The summed E-state index contributed by atoms with van der Waals surface area (Å²) in [5.74, 6) is 0.330. The Labute approximate surface area is 129 Å². The molecule has 0 aromatic heterocycles. The minimum absolute atomic E-state index is 0.160. The van der Waals surface area contributed by atoms with Crippen LogP contribution in [0.25, 0.3) is 0 Å². The Bertz CT molecular complexity index is 484. The van der Waals surface area contributed by atoms with E-state index in [0.717, 1.165) is 0 Å². The molecule has 0 saturated carbocycles. The van der Waals surface area contributed by atoms with E-state index < -0.39 is 11.6 Å². The third-order valence-corrected chi connectivity index (χ3v) is 4.68. The van der Waals surface area contributed by atoms with Crippen LogP contribution in [0, 0.1) is 0 Å². The largest absolute Gasteiger partial charge is 0.486 e. The number of hydrogen-bond donors (Lipinski definition) is 1. The fraction of sp³-hybridized carbons (Fsp3) is 0.462. The van der Waals surface area contributed by atoms with E-state index in [9.17, 15) is 4.79 Å². The lowest BCUT2D eigenvalue weighted by Crippen LogP contribution is -2.34. The standard InChI is InChI=1S/C13H19ClNO3PS/c1-10(2)18-13(16)11(3)15-19(14,20)9-17-12-7-5-4-6-8-12/h4-8,10-11H,9H2,1-3H3,(H,15,20)/t11-,19?/m0/s1. The monoisotopic (exact) mass is 335 g/mol. The quantitative estimate of drug-likeness (QED) is 0.610. The van der Waals surface area contributed by atoms with Crippen LogP contribution in [0.3, 0.4) is 0 Å². The van der Waals surface area contributed by atoms with E-state index in [1.165, 1.54) is 0 Å². The Morgan fingerprint density at radius 1 is 1.35 bits per heavy atom. The fourth-order valence-electron chi connectivity index (χ4n) is 1.39. The van der Waals surface area contributed by atoms with Gasteiger partial charge in [-0.15, -0.1) is 0 Å². The lowest BCUT2D eigenvalue weighted by Gasteiger charge is -2.21. The van der Waals surface area contributed by atoms with Gasteiger partial charge in [0.2, 0.25) is 0 Å². The first kappa shape index (κ1) is 17.4. The van der Waals surface area contributed by atoms with Crippen molar-refractivity contribution in [2.24, 2.45) is 0 Å². The molecule has 0 aliphatic rings. The number of halogens is 1. The van der Waals surface area contributed by atoms with E-state index in [1.807, 2.05) is 30.3 Å². The zero-order chi connectivity index (χ0) is 15.2. The summed E-state index contributed by atoms with van der Waals surface area (Å²) in [6, 6.07) is 8.71. The average molecular weight is 336 g/mol. The van der Waals surface area contributed by atoms with Crippen LogP contribution in [0.2, 0.25) is 0 Å². The molecule has 7 heteroatoms. The van der Waals surface area contributed by atoms with Gasteiger partial charge in [-0.1, -0.05) is 41.2 Å². The number of para-hydroxylation sites is 1. The van der Waals surface area contributed by atoms with Crippen LogP contribution in [0.1, 0.15) is 20.8 Å². The van der Waals surface area contributed by atoms with Crippen molar-refractivity contribution in [1.29, 1.82) is 0 Å². The first-order valence-electron chi connectivity index (χ1n) is 6.25. The van der Waals surface area contributed by atoms with Gasteiger partial charge in [0.1, 0.15) is 23.7 Å². The molecule has 0 aliphatic heterocycles. The summed E-state index contributed by atoms with van der Waals surface area (Å²) in [7, 11) is 0. The Morgan fingerprint density at radius 3 is 2.50 bits per heavy atom. The number of esters is 1. The summed E-state index contributed by atoms with van der Waals surface area (Å²) in [5, 5.41) is 2.92. The molecule has 0 bridgehead atoms. The molecule has 1 N–H and O–H groups in total. The molecule has 0 radical (unpaired) electrons. The second kappa shape index (κ2) is 7.99. The summed E-state index contributed by atoms with van der Waals surface area (Å²) in [6.45, 7) is 5.26. The van der Waals surface area contributed by atoms with Gasteiger partial charge in [0, 0.05) is 0 Å². The number of rotatable bonds is 7. The fourth-order valence-corrected chi connectivity index (χ4v) is 3.68. The molecule has 0 aliphatic carbocycles. The number of ether oxygens (including phenoxy) is 2. The molecular formula is C13H19ClNO3PS. The van der Waals surface area contributed by atoms with Gasteiger partial charge < -0.3 is 9.47 Å². The number of carbonyl (C=O) groups excluding carboxylic acids is 1. The smallest absolute Gasteiger partial charge is 0.323 e. The third-order valence-electron chi connectivity index (χ3n) is 2.23. The first-order valence-corrected chi connectivity index (χ1v) is 10.1.